The number of fused-ring (bicyclic) bond motifs is 2. The third-order valence-electron chi connectivity index (χ3n) is 5.14. The van der Waals surface area contributed by atoms with Crippen LogP contribution in [0.1, 0.15) is 17.5 Å². The number of rotatable bonds is 4. The van der Waals surface area contributed by atoms with Crippen LogP contribution in [0, 0.1) is 0 Å². The summed E-state index contributed by atoms with van der Waals surface area (Å²) in [7, 11) is 0. The van der Waals surface area contributed by atoms with Crippen molar-refractivity contribution >= 4 is 43.6 Å². The molecule has 6 nitrogen and oxygen atoms in total. The van der Waals surface area contributed by atoms with E-state index in [2.05, 4.69) is 11.0 Å². The zero-order valence-corrected chi connectivity index (χ0v) is 16.9. The van der Waals surface area contributed by atoms with Gasteiger partial charge in [-0.1, -0.05) is 35.6 Å². The van der Waals surface area contributed by atoms with Crippen molar-refractivity contribution in [2.45, 2.75) is 6.92 Å². The van der Waals surface area contributed by atoms with Gasteiger partial charge >= 0.3 is 0 Å². The molecule has 0 aliphatic carbocycles. The molecule has 3 heterocycles. The van der Waals surface area contributed by atoms with Gasteiger partial charge < -0.3 is 19.0 Å². The number of amides is 1. The molecule has 0 spiro atoms. The van der Waals surface area contributed by atoms with E-state index >= 15 is 0 Å². The van der Waals surface area contributed by atoms with Gasteiger partial charge in [-0.3, -0.25) is 4.79 Å². The fourth-order valence-corrected chi connectivity index (χ4v) is 4.70. The lowest BCUT2D eigenvalue weighted by Crippen LogP contribution is -2.48. The summed E-state index contributed by atoms with van der Waals surface area (Å²) in [6.45, 7) is 5.37. The molecule has 1 aliphatic heterocycles. The Bertz CT molecular complexity index is 1140. The molecule has 0 radical (unpaired) electrons. The highest BCUT2D eigenvalue weighted by molar-refractivity contribution is 7.22. The Hall–Kier alpha value is -3.06. The number of ether oxygens (including phenoxy) is 1. The zero-order chi connectivity index (χ0) is 19.8. The number of hydrogen-bond acceptors (Lipinski definition) is 6. The summed E-state index contributed by atoms with van der Waals surface area (Å²) in [5.74, 6) is 1.18. The zero-order valence-electron chi connectivity index (χ0n) is 16.1. The predicted octanol–water partition coefficient (Wildman–Crippen LogP) is 4.40. The maximum absolute atomic E-state index is 12.9. The minimum Gasteiger partial charge on any atom is -0.492 e. The Morgan fingerprint density at radius 1 is 1.14 bits per heavy atom. The third kappa shape index (κ3) is 3.31. The maximum Gasteiger partial charge on any atom is 0.289 e. The van der Waals surface area contributed by atoms with Crippen LogP contribution in [0.15, 0.2) is 52.9 Å². The van der Waals surface area contributed by atoms with Crippen LogP contribution in [-0.2, 0) is 0 Å². The second kappa shape index (κ2) is 7.40. The smallest absolute Gasteiger partial charge is 0.289 e. The number of thiazole rings is 1. The van der Waals surface area contributed by atoms with Crippen LogP contribution < -0.4 is 9.64 Å². The molecule has 148 valence electrons. The summed E-state index contributed by atoms with van der Waals surface area (Å²) in [4.78, 5) is 21.8. The standard InChI is InChI=1S/C22H21N3O3S/c1-2-27-17-8-5-9-19-20(17)23-22(29-19)25-12-10-24(11-13-25)21(26)18-14-15-6-3-4-7-16(15)28-18/h3-9,14H,2,10-13H2,1H3. The predicted molar refractivity (Wildman–Crippen MR) is 115 cm³/mol. The monoisotopic (exact) mass is 407 g/mol. The molecular formula is C22H21N3O3S. The van der Waals surface area contributed by atoms with Crippen LogP contribution in [0.2, 0.25) is 0 Å². The molecule has 1 saturated heterocycles. The Balaban J connectivity index is 1.30. The van der Waals surface area contributed by atoms with Crippen LogP contribution in [-0.4, -0.2) is 48.6 Å². The van der Waals surface area contributed by atoms with Crippen LogP contribution in [0.5, 0.6) is 5.75 Å². The maximum atomic E-state index is 12.9. The van der Waals surface area contributed by atoms with E-state index in [1.807, 2.05) is 54.3 Å². The van der Waals surface area contributed by atoms with E-state index in [0.717, 1.165) is 45.2 Å². The van der Waals surface area contributed by atoms with E-state index < -0.39 is 0 Å². The lowest BCUT2D eigenvalue weighted by Gasteiger charge is -2.34. The summed E-state index contributed by atoms with van der Waals surface area (Å²) < 4.78 is 12.6. The number of carbonyl (C=O) groups is 1. The van der Waals surface area contributed by atoms with Crippen LogP contribution >= 0.6 is 11.3 Å². The number of furan rings is 1. The molecule has 4 aromatic rings. The molecule has 1 fully saturated rings. The van der Waals surface area contributed by atoms with Gasteiger partial charge in [-0.2, -0.15) is 0 Å². The normalized spacial score (nSPS) is 14.7. The van der Waals surface area contributed by atoms with Crippen molar-refractivity contribution in [1.82, 2.24) is 9.88 Å². The minimum absolute atomic E-state index is 0.0521. The van der Waals surface area contributed by atoms with Crippen LogP contribution in [0.4, 0.5) is 5.13 Å². The van der Waals surface area contributed by atoms with Gasteiger partial charge in [0.05, 0.1) is 11.3 Å². The highest BCUT2D eigenvalue weighted by atomic mass is 32.1. The van der Waals surface area contributed by atoms with E-state index in [4.69, 9.17) is 14.1 Å². The molecule has 2 aromatic heterocycles. The highest BCUT2D eigenvalue weighted by Crippen LogP contribution is 2.34. The van der Waals surface area contributed by atoms with Crippen molar-refractivity contribution < 1.29 is 13.9 Å². The van der Waals surface area contributed by atoms with Crippen molar-refractivity contribution in [1.29, 1.82) is 0 Å². The summed E-state index contributed by atoms with van der Waals surface area (Å²) in [6, 6.07) is 15.5. The second-order valence-corrected chi connectivity index (χ2v) is 7.97. The summed E-state index contributed by atoms with van der Waals surface area (Å²) in [5, 5.41) is 1.93. The van der Waals surface area contributed by atoms with Gasteiger partial charge in [0.1, 0.15) is 16.8 Å². The lowest BCUT2D eigenvalue weighted by molar-refractivity contribution is 0.0717. The number of benzene rings is 2. The first kappa shape index (κ1) is 18.0. The first-order valence-electron chi connectivity index (χ1n) is 9.78. The Morgan fingerprint density at radius 3 is 2.76 bits per heavy atom. The van der Waals surface area contributed by atoms with Gasteiger partial charge in [-0.05, 0) is 31.2 Å². The van der Waals surface area contributed by atoms with Gasteiger partial charge in [0.15, 0.2) is 10.9 Å². The first-order chi connectivity index (χ1) is 14.2. The van der Waals surface area contributed by atoms with E-state index in [9.17, 15) is 4.79 Å². The summed E-state index contributed by atoms with van der Waals surface area (Å²) in [5.41, 5.74) is 1.66. The molecule has 29 heavy (non-hydrogen) atoms. The molecule has 0 saturated carbocycles. The molecule has 1 amide bonds. The van der Waals surface area contributed by atoms with E-state index in [1.165, 1.54) is 0 Å². The fourth-order valence-electron chi connectivity index (χ4n) is 3.66. The topological polar surface area (TPSA) is 58.8 Å². The number of aromatic nitrogens is 1. The Morgan fingerprint density at radius 2 is 1.97 bits per heavy atom. The molecule has 5 rings (SSSR count). The number of para-hydroxylation sites is 2. The number of nitrogens with zero attached hydrogens (tertiary/aromatic N) is 3. The second-order valence-electron chi connectivity index (χ2n) is 6.96. The third-order valence-corrected chi connectivity index (χ3v) is 6.23. The molecule has 7 heteroatoms. The molecular weight excluding hydrogens is 386 g/mol. The van der Waals surface area contributed by atoms with Crippen molar-refractivity contribution in [2.75, 3.05) is 37.7 Å². The largest absolute Gasteiger partial charge is 0.492 e. The quantitative estimate of drug-likeness (QED) is 0.502. The fraction of sp³-hybridized carbons (Fsp3) is 0.273. The average Bonchev–Trinajstić information content (AvgIpc) is 3.38. The van der Waals surface area contributed by atoms with E-state index in [1.54, 1.807) is 11.3 Å². The summed E-state index contributed by atoms with van der Waals surface area (Å²) in [6.07, 6.45) is 0. The number of hydrogen-bond donors (Lipinski definition) is 0. The van der Waals surface area contributed by atoms with Crippen LogP contribution in [0.3, 0.4) is 0 Å². The average molecular weight is 407 g/mol. The van der Waals surface area contributed by atoms with Crippen molar-refractivity contribution in [3.8, 4) is 5.75 Å². The minimum atomic E-state index is -0.0521. The molecule has 0 atom stereocenters. The lowest BCUT2D eigenvalue weighted by atomic mass is 10.2. The molecule has 2 aromatic carbocycles. The Kier molecular flexibility index (Phi) is 4.60. The number of piperazine rings is 1. The molecule has 1 aliphatic rings. The summed E-state index contributed by atoms with van der Waals surface area (Å²) >= 11 is 1.67. The van der Waals surface area contributed by atoms with Gasteiger partial charge in [0.25, 0.3) is 5.91 Å². The molecule has 0 N–H and O–H groups in total. The number of anilines is 1. The SMILES string of the molecule is CCOc1cccc2sc(N3CCN(C(=O)c4cc5ccccc5o4)CC3)nc12. The van der Waals surface area contributed by atoms with Gasteiger partial charge in [0, 0.05) is 31.6 Å². The van der Waals surface area contributed by atoms with E-state index in [0.29, 0.717) is 25.5 Å². The van der Waals surface area contributed by atoms with Crippen molar-refractivity contribution in [2.24, 2.45) is 0 Å². The van der Waals surface area contributed by atoms with E-state index in [-0.39, 0.29) is 5.91 Å². The Labute approximate surface area is 172 Å². The first-order valence-corrected chi connectivity index (χ1v) is 10.6. The van der Waals surface area contributed by atoms with Gasteiger partial charge in [-0.25, -0.2) is 4.98 Å². The van der Waals surface area contributed by atoms with Crippen molar-refractivity contribution in [3.05, 3.63) is 54.3 Å². The number of carbonyl (C=O) groups excluding carboxylic acids is 1. The highest BCUT2D eigenvalue weighted by Gasteiger charge is 2.26. The van der Waals surface area contributed by atoms with Gasteiger partial charge in [-0.15, -0.1) is 0 Å². The molecule has 0 unspecified atom stereocenters. The van der Waals surface area contributed by atoms with Crippen LogP contribution in [0.25, 0.3) is 21.2 Å². The van der Waals surface area contributed by atoms with Crippen molar-refractivity contribution in [3.63, 3.8) is 0 Å². The molecule has 0 bridgehead atoms. The van der Waals surface area contributed by atoms with Gasteiger partial charge in [0.2, 0.25) is 0 Å².